The van der Waals surface area contributed by atoms with Crippen LogP contribution in [0.2, 0.25) is 10.0 Å². The second-order valence-electron chi connectivity index (χ2n) is 8.85. The van der Waals surface area contributed by atoms with Crippen LogP contribution in [0.15, 0.2) is 79.0 Å². The van der Waals surface area contributed by atoms with Crippen LogP contribution < -0.4 is 9.47 Å². The van der Waals surface area contributed by atoms with Crippen molar-refractivity contribution in [2.24, 2.45) is 0 Å². The van der Waals surface area contributed by atoms with Crippen LogP contribution in [-0.2, 0) is 14.3 Å². The number of amides is 1. The summed E-state index contributed by atoms with van der Waals surface area (Å²) in [5.74, 6) is 0.0489. The second kappa shape index (κ2) is 15.4. The van der Waals surface area contributed by atoms with E-state index in [0.717, 1.165) is 17.7 Å². The van der Waals surface area contributed by atoms with E-state index in [1.165, 1.54) is 29.2 Å². The number of hydrogen-bond donors (Lipinski definition) is 0. The molecule has 218 valence electrons. The average molecular weight is 610 g/mol. The Morgan fingerprint density at radius 1 is 0.929 bits per heavy atom. The first-order valence-electron chi connectivity index (χ1n) is 12.5. The molecular formula is C31H29Cl2N3O6. The molecule has 4 rings (SSSR count). The highest BCUT2D eigenvalue weighted by Gasteiger charge is 2.15. The Morgan fingerprint density at radius 3 is 2.24 bits per heavy atom. The fraction of sp³-hybridized carbons (Fsp3) is 0.161. The molecule has 0 spiro atoms. The number of methoxy groups -OCH3 is 2. The molecule has 0 aliphatic carbocycles. The van der Waals surface area contributed by atoms with Gasteiger partial charge in [-0.25, -0.2) is 9.48 Å². The predicted octanol–water partition coefficient (Wildman–Crippen LogP) is 6.01. The van der Waals surface area contributed by atoms with E-state index >= 15 is 0 Å². The molecule has 1 heterocycles. The first-order chi connectivity index (χ1) is 20.2. The molecule has 9 nitrogen and oxygen atoms in total. The maximum atomic E-state index is 12.4. The van der Waals surface area contributed by atoms with Crippen molar-refractivity contribution in [1.82, 2.24) is 14.7 Å². The van der Waals surface area contributed by atoms with E-state index in [-0.39, 0.29) is 5.02 Å². The van der Waals surface area contributed by atoms with Crippen molar-refractivity contribution in [2.45, 2.75) is 0 Å². The fourth-order valence-electron chi connectivity index (χ4n) is 3.53. The molecule has 0 fully saturated rings. The summed E-state index contributed by atoms with van der Waals surface area (Å²) in [6.45, 7) is -0.438. The van der Waals surface area contributed by atoms with Crippen LogP contribution in [0, 0.1) is 0 Å². The first kappa shape index (κ1) is 31.9. The van der Waals surface area contributed by atoms with Gasteiger partial charge in [0.1, 0.15) is 5.69 Å². The monoisotopic (exact) mass is 609 g/mol. The molecule has 1 amide bonds. The Labute approximate surface area is 253 Å². The van der Waals surface area contributed by atoms with Gasteiger partial charge in [-0.2, -0.15) is 5.10 Å². The molecule has 0 radical (unpaired) electrons. The molecule has 11 heteroatoms. The molecule has 1 aromatic heterocycles. The number of Topliss-reactive ketones (excluding diaryl/α,β-unsaturated/α-hetero) is 1. The molecule has 0 unspecified atom stereocenters. The average Bonchev–Trinajstić information content (AvgIpc) is 3.44. The number of benzene rings is 3. The summed E-state index contributed by atoms with van der Waals surface area (Å²) in [4.78, 5) is 35.6. The largest absolute Gasteiger partial charge is 0.493 e. The quantitative estimate of drug-likeness (QED) is 0.0939. The van der Waals surface area contributed by atoms with Crippen LogP contribution >= 0.6 is 23.2 Å². The van der Waals surface area contributed by atoms with Crippen LogP contribution in [0.4, 0.5) is 0 Å². The van der Waals surface area contributed by atoms with Crippen LogP contribution in [0.1, 0.15) is 15.9 Å². The standard InChI is InChI=1S/C28H22Cl2N2O5.C3H7NO/c1-35-25-12-9-19(15-26(25)36-2)28-20(16-32(31-28)21-6-4-3-5-7-21)10-13-27(34)37-17-24(33)18-8-11-22(29)23(30)14-18;1-4(2)3-5/h3-16H,17H2,1-2H3;3H,1-2H3/b13-10+;. The molecule has 0 aliphatic rings. The fourth-order valence-corrected chi connectivity index (χ4v) is 3.82. The molecule has 3 aromatic carbocycles. The topological polar surface area (TPSA) is 100.0 Å². The number of halogens is 2. The van der Waals surface area contributed by atoms with Gasteiger partial charge in [0.2, 0.25) is 6.41 Å². The van der Waals surface area contributed by atoms with E-state index in [0.29, 0.717) is 33.3 Å². The summed E-state index contributed by atoms with van der Waals surface area (Å²) in [6.07, 6.45) is 5.38. The summed E-state index contributed by atoms with van der Waals surface area (Å²) < 4.78 is 17.6. The lowest BCUT2D eigenvalue weighted by atomic mass is 10.1. The molecule has 4 aromatic rings. The Balaban J connectivity index is 0.000000892. The Hall–Kier alpha value is -4.60. The van der Waals surface area contributed by atoms with Crippen molar-refractivity contribution in [3.05, 3.63) is 100 Å². The molecule has 0 saturated heterocycles. The number of carbonyl (C=O) groups excluding carboxylic acids is 3. The van der Waals surface area contributed by atoms with Gasteiger partial charge >= 0.3 is 5.97 Å². The molecule has 0 saturated carbocycles. The minimum absolute atomic E-state index is 0.247. The highest BCUT2D eigenvalue weighted by atomic mass is 35.5. The molecule has 0 atom stereocenters. The van der Waals surface area contributed by atoms with E-state index in [9.17, 15) is 14.4 Å². The third-order valence-electron chi connectivity index (χ3n) is 5.62. The molecule has 0 N–H and O–H groups in total. The minimum Gasteiger partial charge on any atom is -0.493 e. The number of aromatic nitrogens is 2. The Bertz CT molecular complexity index is 1570. The van der Waals surface area contributed by atoms with E-state index in [4.69, 9.17) is 42.5 Å². The van der Waals surface area contributed by atoms with Crippen LogP contribution in [-0.4, -0.2) is 67.8 Å². The van der Waals surface area contributed by atoms with Crippen LogP contribution in [0.3, 0.4) is 0 Å². The van der Waals surface area contributed by atoms with Crippen molar-refractivity contribution in [3.63, 3.8) is 0 Å². The predicted molar refractivity (Wildman–Crippen MR) is 163 cm³/mol. The van der Waals surface area contributed by atoms with Gasteiger partial charge in [0.25, 0.3) is 0 Å². The van der Waals surface area contributed by atoms with Crippen molar-refractivity contribution >= 4 is 47.4 Å². The van der Waals surface area contributed by atoms with Gasteiger partial charge in [-0.05, 0) is 54.6 Å². The zero-order chi connectivity index (χ0) is 30.6. The number of carbonyl (C=O) groups is 3. The second-order valence-corrected chi connectivity index (χ2v) is 9.66. The zero-order valence-corrected chi connectivity index (χ0v) is 24.9. The Kier molecular flexibility index (Phi) is 11.7. The van der Waals surface area contributed by atoms with Gasteiger partial charge in [-0.1, -0.05) is 41.4 Å². The zero-order valence-electron chi connectivity index (χ0n) is 23.4. The van der Waals surface area contributed by atoms with Gasteiger partial charge in [-0.3, -0.25) is 9.59 Å². The number of esters is 1. The number of ether oxygens (including phenoxy) is 3. The first-order valence-corrected chi connectivity index (χ1v) is 13.2. The SMILES string of the molecule is CN(C)C=O.COc1ccc(-c2nn(-c3ccccc3)cc2/C=C/C(=O)OCC(=O)c2ccc(Cl)c(Cl)c2)cc1OC. The lowest BCUT2D eigenvalue weighted by Crippen LogP contribution is -2.12. The normalized spacial score (nSPS) is 10.4. The van der Waals surface area contributed by atoms with E-state index < -0.39 is 18.4 Å². The van der Waals surface area contributed by atoms with Crippen LogP contribution in [0.25, 0.3) is 23.0 Å². The number of ketones is 1. The highest BCUT2D eigenvalue weighted by Crippen LogP contribution is 2.34. The summed E-state index contributed by atoms with van der Waals surface area (Å²) in [5.41, 5.74) is 3.17. The van der Waals surface area contributed by atoms with Gasteiger partial charge in [0.15, 0.2) is 23.9 Å². The van der Waals surface area contributed by atoms with Crippen molar-refractivity contribution in [3.8, 4) is 28.4 Å². The van der Waals surface area contributed by atoms with Gasteiger partial charge in [0.05, 0.1) is 30.0 Å². The maximum absolute atomic E-state index is 12.4. The smallest absolute Gasteiger partial charge is 0.331 e. The van der Waals surface area contributed by atoms with E-state index in [2.05, 4.69) is 0 Å². The molecule has 0 bridgehead atoms. The number of hydrogen-bond acceptors (Lipinski definition) is 7. The number of rotatable bonds is 10. The lowest BCUT2D eigenvalue weighted by molar-refractivity contribution is -0.136. The van der Waals surface area contributed by atoms with E-state index in [1.807, 2.05) is 42.5 Å². The van der Waals surface area contributed by atoms with E-state index in [1.54, 1.807) is 51.3 Å². The lowest BCUT2D eigenvalue weighted by Gasteiger charge is -2.09. The van der Waals surface area contributed by atoms with Gasteiger partial charge < -0.3 is 19.1 Å². The number of nitrogens with zero attached hydrogens (tertiary/aromatic N) is 3. The Morgan fingerprint density at radius 2 is 1.62 bits per heavy atom. The molecule has 42 heavy (non-hydrogen) atoms. The van der Waals surface area contributed by atoms with Crippen molar-refractivity contribution < 1.29 is 28.6 Å². The van der Waals surface area contributed by atoms with Gasteiger partial charge in [-0.15, -0.1) is 0 Å². The molecular weight excluding hydrogens is 581 g/mol. The summed E-state index contributed by atoms with van der Waals surface area (Å²) in [5, 5.41) is 5.31. The third kappa shape index (κ3) is 8.70. The summed E-state index contributed by atoms with van der Waals surface area (Å²) in [7, 11) is 6.49. The molecule has 0 aliphatic heterocycles. The highest BCUT2D eigenvalue weighted by molar-refractivity contribution is 6.42. The van der Waals surface area contributed by atoms with Gasteiger partial charge in [0, 0.05) is 43.1 Å². The summed E-state index contributed by atoms with van der Waals surface area (Å²) >= 11 is 11.8. The van der Waals surface area contributed by atoms with Crippen molar-refractivity contribution in [2.75, 3.05) is 34.9 Å². The number of para-hydroxylation sites is 1. The summed E-state index contributed by atoms with van der Waals surface area (Å²) in [6, 6.07) is 19.5. The third-order valence-corrected chi connectivity index (χ3v) is 6.36. The maximum Gasteiger partial charge on any atom is 0.331 e. The van der Waals surface area contributed by atoms with Crippen LogP contribution in [0.5, 0.6) is 11.5 Å². The minimum atomic E-state index is -0.681. The van der Waals surface area contributed by atoms with Crippen molar-refractivity contribution in [1.29, 1.82) is 0 Å².